The van der Waals surface area contributed by atoms with Gasteiger partial charge in [-0.05, 0) is 0 Å². The number of rotatable bonds is 4. The van der Waals surface area contributed by atoms with Crippen molar-refractivity contribution in [1.82, 2.24) is 3.11 Å². The Hall–Kier alpha value is -1.44. The quantitative estimate of drug-likeness (QED) is 0.215. The number of esters is 1. The fourth-order valence-electron chi connectivity index (χ4n) is 6.79. The summed E-state index contributed by atoms with van der Waals surface area (Å²) in [6.07, 6.45) is 2.05. The van der Waals surface area contributed by atoms with Crippen molar-refractivity contribution < 1.29 is 12.6 Å². The topological polar surface area (TPSA) is 42.1 Å². The molecular formula is C23H24INO3. The van der Waals surface area contributed by atoms with Crippen LogP contribution in [-0.2, 0) is 18.0 Å². The first kappa shape index (κ1) is 16.4. The van der Waals surface area contributed by atoms with Gasteiger partial charge in [-0.3, -0.25) is 0 Å². The number of nitrogens with zero attached hydrogens (tertiary/aromatic N) is 1. The normalized spacial score (nSPS) is 41.0. The van der Waals surface area contributed by atoms with E-state index in [1.165, 1.54) is 0 Å². The molecule has 4 heterocycles. The molecule has 0 N–H and O–H groups in total. The summed E-state index contributed by atoms with van der Waals surface area (Å²) < 4.78 is 17.1. The number of hydrogen-bond donors (Lipinski definition) is 0. The summed E-state index contributed by atoms with van der Waals surface area (Å²) >= 11 is -2.46. The molecule has 5 atom stereocenters. The predicted molar refractivity (Wildman–Crippen MR) is 115 cm³/mol. The van der Waals surface area contributed by atoms with Gasteiger partial charge in [-0.15, -0.1) is 0 Å². The Bertz CT molecular complexity index is 1000. The summed E-state index contributed by atoms with van der Waals surface area (Å²) in [6.45, 7) is 2.00. The SMILES string of the molecule is CN1C2CC(OC(=O)C(C)(c3ccccc3)c3ccccc3)C[C@]23C2C4OI4213. The van der Waals surface area contributed by atoms with E-state index in [1.807, 2.05) is 67.6 Å². The minimum atomic E-state index is -2.46. The summed E-state index contributed by atoms with van der Waals surface area (Å²) in [5.41, 5.74) is 1.17. The zero-order chi connectivity index (χ0) is 19.0. The molecule has 4 aliphatic heterocycles. The van der Waals surface area contributed by atoms with Gasteiger partial charge in [0.05, 0.1) is 0 Å². The van der Waals surface area contributed by atoms with E-state index in [1.54, 1.807) is 0 Å². The molecule has 1 aliphatic carbocycles. The molecular weight excluding hydrogens is 465 g/mol. The first-order valence-corrected chi connectivity index (χ1v) is 15.5. The van der Waals surface area contributed by atoms with Crippen LogP contribution in [0.3, 0.4) is 0 Å². The fourth-order valence-corrected chi connectivity index (χ4v) is 31.0. The van der Waals surface area contributed by atoms with E-state index >= 15 is 0 Å². The molecule has 5 heteroatoms. The predicted octanol–water partition coefficient (Wildman–Crippen LogP) is 3.91. The molecule has 5 aliphatic rings. The van der Waals surface area contributed by atoms with Crippen LogP contribution in [0.5, 0.6) is 0 Å². The zero-order valence-corrected chi connectivity index (χ0v) is 18.2. The number of alkyl halides is 3. The molecule has 4 nitrogen and oxygen atoms in total. The molecule has 4 saturated heterocycles. The van der Waals surface area contributed by atoms with E-state index in [0.29, 0.717) is 13.6 Å². The monoisotopic (exact) mass is 489 g/mol. The Balaban J connectivity index is 1.19. The van der Waals surface area contributed by atoms with Crippen LogP contribution in [0.4, 0.5) is 0 Å². The molecule has 28 heavy (non-hydrogen) atoms. The first-order chi connectivity index (χ1) is 13.5. The summed E-state index contributed by atoms with van der Waals surface area (Å²) in [6, 6.07) is 20.7. The van der Waals surface area contributed by atoms with Gasteiger partial charge < -0.3 is 0 Å². The standard InChI is InChI=1S/C23H24INO3/c1-22(15-9-5-3-6-10-15,16-11-7-4-8-12-16)21(26)27-17-13-18-23(14-17)19-20-24(19,23,28-20)25(18)2/h3-12,17-20H,13-14H2,1-2H3/t17?,18?,19?,20?,23-/m1/s1. The van der Waals surface area contributed by atoms with Gasteiger partial charge in [0.1, 0.15) is 0 Å². The second-order valence-corrected chi connectivity index (χ2v) is 21.1. The third-order valence-electron chi connectivity index (χ3n) is 8.33. The molecule has 146 valence electrons. The molecule has 4 unspecified atom stereocenters. The van der Waals surface area contributed by atoms with Crippen LogP contribution in [-0.4, -0.2) is 39.7 Å². The van der Waals surface area contributed by atoms with E-state index in [2.05, 4.69) is 10.2 Å². The van der Waals surface area contributed by atoms with Crippen LogP contribution in [0.25, 0.3) is 0 Å². The van der Waals surface area contributed by atoms with Gasteiger partial charge in [0, 0.05) is 0 Å². The van der Waals surface area contributed by atoms with E-state index in [9.17, 15) is 4.79 Å². The average Bonchev–Trinajstić information content (AvgIpc) is 3.61. The number of carbonyl (C=O) groups excluding carboxylic acids is 1. The van der Waals surface area contributed by atoms with Crippen LogP contribution in [0.1, 0.15) is 30.9 Å². The second-order valence-electron chi connectivity index (χ2n) is 9.08. The maximum absolute atomic E-state index is 13.6. The van der Waals surface area contributed by atoms with Crippen molar-refractivity contribution in [3.05, 3.63) is 71.8 Å². The molecule has 2 spiro atoms. The number of benzene rings is 2. The van der Waals surface area contributed by atoms with Gasteiger partial charge in [-0.2, -0.15) is 0 Å². The molecule has 0 radical (unpaired) electrons. The van der Waals surface area contributed by atoms with Crippen LogP contribution in [0, 0.1) is 0 Å². The average molecular weight is 489 g/mol. The molecule has 2 aromatic rings. The molecule has 5 fully saturated rings. The number of hydrogen-bond acceptors (Lipinski definition) is 4. The Morgan fingerprint density at radius 2 is 1.75 bits per heavy atom. The summed E-state index contributed by atoms with van der Waals surface area (Å²) in [4.78, 5) is 13.6. The number of fused-ring (bicyclic) bond motifs is 1. The van der Waals surface area contributed by atoms with E-state index in [0.717, 1.165) is 27.9 Å². The Morgan fingerprint density at radius 3 is 2.25 bits per heavy atom. The van der Waals surface area contributed by atoms with Crippen molar-refractivity contribution in [1.29, 1.82) is 0 Å². The van der Waals surface area contributed by atoms with Crippen LogP contribution in [0.15, 0.2) is 60.7 Å². The summed E-state index contributed by atoms with van der Waals surface area (Å²) in [7, 11) is 2.27. The van der Waals surface area contributed by atoms with Gasteiger partial charge >= 0.3 is 167 Å². The van der Waals surface area contributed by atoms with E-state index in [4.69, 9.17) is 7.80 Å². The van der Waals surface area contributed by atoms with E-state index in [-0.39, 0.29) is 12.1 Å². The van der Waals surface area contributed by atoms with E-state index < -0.39 is 23.2 Å². The molecule has 1 saturated carbocycles. The van der Waals surface area contributed by atoms with Crippen molar-refractivity contribution >= 4 is 23.7 Å². The second kappa shape index (κ2) is 4.50. The van der Waals surface area contributed by atoms with Crippen molar-refractivity contribution in [2.45, 2.75) is 48.8 Å². The van der Waals surface area contributed by atoms with Crippen molar-refractivity contribution in [2.24, 2.45) is 0 Å². The van der Waals surface area contributed by atoms with Crippen molar-refractivity contribution in [3.63, 3.8) is 0 Å². The third kappa shape index (κ3) is 1.32. The first-order valence-electron chi connectivity index (χ1n) is 10.1. The maximum atomic E-state index is 13.6. The summed E-state index contributed by atoms with van der Waals surface area (Å²) in [5.74, 6) is -0.128. The molecule has 0 bridgehead atoms. The molecule has 7 rings (SSSR count). The van der Waals surface area contributed by atoms with Gasteiger partial charge in [0.25, 0.3) is 0 Å². The van der Waals surface area contributed by atoms with Crippen LogP contribution >= 0.6 is 17.7 Å². The summed E-state index contributed by atoms with van der Waals surface area (Å²) in [5, 5.41) is 0. The number of halogens is 1. The third-order valence-corrected chi connectivity index (χ3v) is 25.3. The number of ether oxygens (including phenoxy) is 1. The Morgan fingerprint density at radius 1 is 1.14 bits per heavy atom. The number of carbonyl (C=O) groups is 1. The van der Waals surface area contributed by atoms with Crippen LogP contribution in [0.2, 0.25) is 0 Å². The Kier molecular flexibility index (Phi) is 2.63. The van der Waals surface area contributed by atoms with Crippen molar-refractivity contribution in [3.8, 4) is 0 Å². The van der Waals surface area contributed by atoms with Crippen LogP contribution < -0.4 is 0 Å². The Labute approximate surface area is 166 Å². The van der Waals surface area contributed by atoms with Gasteiger partial charge in [-0.1, -0.05) is 0 Å². The van der Waals surface area contributed by atoms with Gasteiger partial charge in [0.2, 0.25) is 0 Å². The zero-order valence-electron chi connectivity index (χ0n) is 16.0. The minimum absolute atomic E-state index is 0.0308. The van der Waals surface area contributed by atoms with Crippen molar-refractivity contribution in [2.75, 3.05) is 7.05 Å². The molecule has 0 amide bonds. The fraction of sp³-hybridized carbons (Fsp3) is 0.435. The molecule has 0 aromatic heterocycles. The van der Waals surface area contributed by atoms with Gasteiger partial charge in [-0.25, -0.2) is 0 Å². The molecule has 2 aromatic carbocycles. The van der Waals surface area contributed by atoms with Gasteiger partial charge in [0.15, 0.2) is 0 Å².